The lowest BCUT2D eigenvalue weighted by Gasteiger charge is -2.10. The zero-order valence-electron chi connectivity index (χ0n) is 13.7. The van der Waals surface area contributed by atoms with Gasteiger partial charge in [-0.1, -0.05) is 18.2 Å². The van der Waals surface area contributed by atoms with Gasteiger partial charge in [-0.05, 0) is 12.1 Å². The highest BCUT2D eigenvalue weighted by molar-refractivity contribution is 6.07. The Morgan fingerprint density at radius 3 is 2.75 bits per heavy atom. The molecule has 0 aliphatic heterocycles. The predicted octanol–water partition coefficient (Wildman–Crippen LogP) is 2.77. The van der Waals surface area contributed by atoms with Crippen molar-refractivity contribution in [2.75, 3.05) is 39.2 Å². The van der Waals surface area contributed by atoms with Crippen LogP contribution in [0.1, 0.15) is 0 Å². The number of carbonyl (C=O) groups is 1. The molecule has 24 heavy (non-hydrogen) atoms. The molecular formula is C18H20N2O4. The maximum Gasteiger partial charge on any atom is 0.238 e. The van der Waals surface area contributed by atoms with Crippen molar-refractivity contribution < 1.29 is 18.7 Å². The number of hydrogen-bond acceptors (Lipinski definition) is 5. The summed E-state index contributed by atoms with van der Waals surface area (Å²) in [6.07, 6.45) is 0. The average Bonchev–Trinajstić information content (AvgIpc) is 2.95. The van der Waals surface area contributed by atoms with Gasteiger partial charge in [0, 0.05) is 30.5 Å². The molecule has 6 nitrogen and oxygen atoms in total. The van der Waals surface area contributed by atoms with Gasteiger partial charge in [0.1, 0.15) is 16.9 Å². The van der Waals surface area contributed by atoms with Crippen LogP contribution in [0.5, 0.6) is 5.75 Å². The number of para-hydroxylation sites is 1. The molecule has 3 aromatic rings. The summed E-state index contributed by atoms with van der Waals surface area (Å²) in [6.45, 7) is 1.37. The number of hydrogen-bond donors (Lipinski definition) is 2. The number of amides is 1. The lowest BCUT2D eigenvalue weighted by molar-refractivity contribution is -0.115. The Balaban J connectivity index is 1.84. The van der Waals surface area contributed by atoms with Gasteiger partial charge in [0.25, 0.3) is 0 Å². The number of fused-ring (bicyclic) bond motifs is 3. The van der Waals surface area contributed by atoms with Gasteiger partial charge in [-0.2, -0.15) is 0 Å². The summed E-state index contributed by atoms with van der Waals surface area (Å²) in [5, 5.41) is 7.82. The van der Waals surface area contributed by atoms with E-state index in [1.807, 2.05) is 30.3 Å². The Bertz CT molecular complexity index is 857. The fourth-order valence-electron chi connectivity index (χ4n) is 2.59. The molecule has 0 saturated carbocycles. The highest BCUT2D eigenvalue weighted by atomic mass is 16.5. The summed E-state index contributed by atoms with van der Waals surface area (Å²) in [6, 6.07) is 11.5. The van der Waals surface area contributed by atoms with E-state index < -0.39 is 0 Å². The molecule has 0 aliphatic carbocycles. The van der Waals surface area contributed by atoms with Crippen molar-refractivity contribution in [3.63, 3.8) is 0 Å². The summed E-state index contributed by atoms with van der Waals surface area (Å²) in [5.41, 5.74) is 2.10. The summed E-state index contributed by atoms with van der Waals surface area (Å²) < 4.78 is 16.2. The molecule has 2 N–H and O–H groups in total. The van der Waals surface area contributed by atoms with E-state index in [0.717, 1.165) is 16.4 Å². The van der Waals surface area contributed by atoms with Crippen LogP contribution < -0.4 is 15.4 Å². The molecule has 0 bridgehead atoms. The van der Waals surface area contributed by atoms with Gasteiger partial charge < -0.3 is 24.5 Å². The minimum atomic E-state index is -0.153. The summed E-state index contributed by atoms with van der Waals surface area (Å²) in [5.74, 6) is 0.444. The van der Waals surface area contributed by atoms with Crippen LogP contribution in [0, 0.1) is 0 Å². The zero-order chi connectivity index (χ0) is 16.9. The van der Waals surface area contributed by atoms with E-state index in [1.165, 1.54) is 0 Å². The SMILES string of the molecule is COCCNCC(=O)Nc1cc2oc3ccccc3c2cc1OC. The molecule has 0 fully saturated rings. The van der Waals surface area contributed by atoms with Crippen LogP contribution in [0.4, 0.5) is 5.69 Å². The molecule has 1 amide bonds. The smallest absolute Gasteiger partial charge is 0.238 e. The number of methoxy groups -OCH3 is 2. The van der Waals surface area contributed by atoms with Crippen LogP contribution in [0.3, 0.4) is 0 Å². The van der Waals surface area contributed by atoms with Crippen molar-refractivity contribution in [3.05, 3.63) is 36.4 Å². The molecule has 126 valence electrons. The largest absolute Gasteiger partial charge is 0.495 e. The molecule has 0 atom stereocenters. The highest BCUT2D eigenvalue weighted by Gasteiger charge is 2.13. The molecule has 0 radical (unpaired) electrons. The van der Waals surface area contributed by atoms with Gasteiger partial charge in [-0.15, -0.1) is 0 Å². The molecular weight excluding hydrogens is 308 g/mol. The summed E-state index contributed by atoms with van der Waals surface area (Å²) >= 11 is 0. The number of nitrogens with one attached hydrogen (secondary N) is 2. The Morgan fingerprint density at radius 2 is 1.96 bits per heavy atom. The molecule has 1 heterocycles. The fraction of sp³-hybridized carbons (Fsp3) is 0.278. The van der Waals surface area contributed by atoms with Crippen molar-refractivity contribution >= 4 is 33.5 Å². The third-order valence-electron chi connectivity index (χ3n) is 3.74. The van der Waals surface area contributed by atoms with E-state index in [2.05, 4.69) is 10.6 Å². The molecule has 1 aromatic heterocycles. The Kier molecular flexibility index (Phi) is 4.98. The van der Waals surface area contributed by atoms with Gasteiger partial charge in [-0.3, -0.25) is 4.79 Å². The normalized spacial score (nSPS) is 11.1. The predicted molar refractivity (Wildman–Crippen MR) is 93.6 cm³/mol. The summed E-state index contributed by atoms with van der Waals surface area (Å²) in [7, 11) is 3.20. The fourth-order valence-corrected chi connectivity index (χ4v) is 2.59. The first-order valence-corrected chi connectivity index (χ1v) is 7.71. The molecule has 2 aromatic carbocycles. The molecule has 3 rings (SSSR count). The average molecular weight is 328 g/mol. The number of rotatable bonds is 7. The van der Waals surface area contributed by atoms with E-state index in [-0.39, 0.29) is 12.5 Å². The number of carbonyl (C=O) groups excluding carboxylic acids is 1. The van der Waals surface area contributed by atoms with Crippen molar-refractivity contribution in [2.45, 2.75) is 0 Å². The van der Waals surface area contributed by atoms with Gasteiger partial charge in [-0.25, -0.2) is 0 Å². The molecule has 6 heteroatoms. The van der Waals surface area contributed by atoms with E-state index in [4.69, 9.17) is 13.9 Å². The second-order valence-corrected chi connectivity index (χ2v) is 5.36. The van der Waals surface area contributed by atoms with Crippen molar-refractivity contribution in [1.82, 2.24) is 5.32 Å². The lowest BCUT2D eigenvalue weighted by Crippen LogP contribution is -2.30. The van der Waals surface area contributed by atoms with Gasteiger partial charge >= 0.3 is 0 Å². The van der Waals surface area contributed by atoms with Crippen LogP contribution in [-0.4, -0.2) is 39.8 Å². The van der Waals surface area contributed by atoms with Crippen molar-refractivity contribution in [3.8, 4) is 5.75 Å². The number of ether oxygens (including phenoxy) is 2. The number of benzene rings is 2. The highest BCUT2D eigenvalue weighted by Crippen LogP contribution is 2.36. The molecule has 0 unspecified atom stereocenters. The van der Waals surface area contributed by atoms with E-state index in [0.29, 0.717) is 30.2 Å². The second kappa shape index (κ2) is 7.33. The number of furan rings is 1. The van der Waals surface area contributed by atoms with E-state index in [9.17, 15) is 4.79 Å². The van der Waals surface area contributed by atoms with Crippen LogP contribution in [0.2, 0.25) is 0 Å². The standard InChI is InChI=1S/C18H20N2O4/c1-22-8-7-19-11-18(21)20-14-10-16-13(9-17(14)23-2)12-5-3-4-6-15(12)24-16/h3-6,9-10,19H,7-8,11H2,1-2H3,(H,20,21). The maximum absolute atomic E-state index is 12.1. The minimum Gasteiger partial charge on any atom is -0.495 e. The Morgan fingerprint density at radius 1 is 1.12 bits per heavy atom. The third-order valence-corrected chi connectivity index (χ3v) is 3.74. The molecule has 0 spiro atoms. The molecule has 0 aliphatic rings. The first-order valence-electron chi connectivity index (χ1n) is 7.71. The third kappa shape index (κ3) is 3.34. The first kappa shape index (κ1) is 16.3. The van der Waals surface area contributed by atoms with E-state index >= 15 is 0 Å². The second-order valence-electron chi connectivity index (χ2n) is 5.36. The van der Waals surface area contributed by atoms with Crippen LogP contribution in [0.15, 0.2) is 40.8 Å². The van der Waals surface area contributed by atoms with Gasteiger partial charge in [0.15, 0.2) is 0 Å². The van der Waals surface area contributed by atoms with Gasteiger partial charge in [0.2, 0.25) is 5.91 Å². The Labute approximate surface area is 139 Å². The first-order chi connectivity index (χ1) is 11.7. The van der Waals surface area contributed by atoms with Crippen LogP contribution in [-0.2, 0) is 9.53 Å². The van der Waals surface area contributed by atoms with E-state index in [1.54, 1.807) is 20.3 Å². The molecule has 0 saturated heterocycles. The summed E-state index contributed by atoms with van der Waals surface area (Å²) in [4.78, 5) is 12.1. The number of anilines is 1. The van der Waals surface area contributed by atoms with Crippen molar-refractivity contribution in [2.24, 2.45) is 0 Å². The van der Waals surface area contributed by atoms with Crippen LogP contribution in [0.25, 0.3) is 21.9 Å². The monoisotopic (exact) mass is 328 g/mol. The zero-order valence-corrected chi connectivity index (χ0v) is 13.7. The topological polar surface area (TPSA) is 72.7 Å². The maximum atomic E-state index is 12.1. The van der Waals surface area contributed by atoms with Crippen LogP contribution >= 0.6 is 0 Å². The van der Waals surface area contributed by atoms with Crippen molar-refractivity contribution in [1.29, 1.82) is 0 Å². The van der Waals surface area contributed by atoms with Gasteiger partial charge in [0.05, 0.1) is 25.9 Å². The lowest BCUT2D eigenvalue weighted by atomic mass is 10.1. The quantitative estimate of drug-likeness (QED) is 0.653. The minimum absolute atomic E-state index is 0.153. The Hall–Kier alpha value is -2.57.